The largest absolute Gasteiger partial charge is 0.384 e. The SMILES string of the molecule is COCCc1nsc(N2CCN(S(=O)(=O)C3CC3)CC2)n1. The summed E-state index contributed by atoms with van der Waals surface area (Å²) in [6.45, 7) is 3.08. The molecule has 1 aromatic rings. The quantitative estimate of drug-likeness (QED) is 0.748. The van der Waals surface area contributed by atoms with E-state index in [2.05, 4.69) is 14.3 Å². The van der Waals surface area contributed by atoms with Gasteiger partial charge in [0, 0.05) is 51.2 Å². The molecule has 0 N–H and O–H groups in total. The number of aromatic nitrogens is 2. The minimum absolute atomic E-state index is 0.119. The van der Waals surface area contributed by atoms with Crippen molar-refractivity contribution in [3.63, 3.8) is 0 Å². The zero-order valence-electron chi connectivity index (χ0n) is 12.1. The van der Waals surface area contributed by atoms with E-state index in [-0.39, 0.29) is 5.25 Å². The zero-order chi connectivity index (χ0) is 14.9. The van der Waals surface area contributed by atoms with Gasteiger partial charge in [-0.15, -0.1) is 0 Å². The molecule has 1 saturated heterocycles. The Morgan fingerprint density at radius 2 is 2.00 bits per heavy atom. The molecule has 0 bridgehead atoms. The Morgan fingerprint density at radius 1 is 1.29 bits per heavy atom. The van der Waals surface area contributed by atoms with Crippen LogP contribution in [-0.4, -0.2) is 67.2 Å². The second-order valence-corrected chi connectivity index (χ2v) is 8.31. The number of hydrogen-bond acceptors (Lipinski definition) is 7. The molecule has 2 fully saturated rings. The lowest BCUT2D eigenvalue weighted by Gasteiger charge is -2.33. The highest BCUT2D eigenvalue weighted by molar-refractivity contribution is 7.90. The Bertz CT molecular complexity index is 577. The first-order chi connectivity index (χ1) is 10.1. The van der Waals surface area contributed by atoms with Crippen LogP contribution >= 0.6 is 11.5 Å². The number of sulfonamides is 1. The summed E-state index contributed by atoms with van der Waals surface area (Å²) in [5.74, 6) is 0.796. The van der Waals surface area contributed by atoms with Crippen molar-refractivity contribution in [2.45, 2.75) is 24.5 Å². The van der Waals surface area contributed by atoms with Crippen molar-refractivity contribution in [2.24, 2.45) is 0 Å². The van der Waals surface area contributed by atoms with Crippen molar-refractivity contribution in [2.75, 3.05) is 44.8 Å². The lowest BCUT2D eigenvalue weighted by Crippen LogP contribution is -2.49. The van der Waals surface area contributed by atoms with E-state index in [4.69, 9.17) is 4.74 Å². The fraction of sp³-hybridized carbons (Fsp3) is 0.833. The topological polar surface area (TPSA) is 75.6 Å². The van der Waals surface area contributed by atoms with E-state index >= 15 is 0 Å². The smallest absolute Gasteiger partial charge is 0.217 e. The minimum Gasteiger partial charge on any atom is -0.384 e. The Balaban J connectivity index is 1.56. The van der Waals surface area contributed by atoms with Crippen LogP contribution in [0.25, 0.3) is 0 Å². The number of anilines is 1. The molecule has 0 spiro atoms. The lowest BCUT2D eigenvalue weighted by atomic mass is 10.4. The molecule has 0 amide bonds. The fourth-order valence-electron chi connectivity index (χ4n) is 2.38. The van der Waals surface area contributed by atoms with Gasteiger partial charge in [-0.05, 0) is 12.8 Å². The number of piperazine rings is 1. The molecule has 118 valence electrons. The van der Waals surface area contributed by atoms with Gasteiger partial charge < -0.3 is 9.64 Å². The van der Waals surface area contributed by atoms with Crippen molar-refractivity contribution in [1.82, 2.24) is 13.7 Å². The van der Waals surface area contributed by atoms with E-state index in [0.717, 1.165) is 23.8 Å². The molecule has 9 heteroatoms. The van der Waals surface area contributed by atoms with Crippen molar-refractivity contribution >= 4 is 26.7 Å². The lowest BCUT2D eigenvalue weighted by molar-refractivity contribution is 0.201. The van der Waals surface area contributed by atoms with Crippen LogP contribution in [0.5, 0.6) is 0 Å². The summed E-state index contributed by atoms with van der Waals surface area (Å²) in [7, 11) is -1.38. The van der Waals surface area contributed by atoms with Gasteiger partial charge in [0.25, 0.3) is 0 Å². The maximum atomic E-state index is 12.2. The third kappa shape index (κ3) is 3.36. The second kappa shape index (κ2) is 6.15. The van der Waals surface area contributed by atoms with Gasteiger partial charge in [0.05, 0.1) is 11.9 Å². The molecule has 2 heterocycles. The predicted octanol–water partition coefficient (Wildman–Crippen LogP) is 0.341. The number of nitrogens with zero attached hydrogens (tertiary/aromatic N) is 4. The monoisotopic (exact) mass is 332 g/mol. The van der Waals surface area contributed by atoms with E-state index in [0.29, 0.717) is 39.2 Å². The van der Waals surface area contributed by atoms with Crippen molar-refractivity contribution in [3.05, 3.63) is 5.82 Å². The predicted molar refractivity (Wildman–Crippen MR) is 81.2 cm³/mol. The Morgan fingerprint density at radius 3 is 2.62 bits per heavy atom. The highest BCUT2D eigenvalue weighted by Gasteiger charge is 2.41. The Labute approximate surface area is 129 Å². The molecule has 7 nitrogen and oxygen atoms in total. The minimum atomic E-state index is -3.04. The summed E-state index contributed by atoms with van der Waals surface area (Å²) in [5, 5.41) is 0.760. The normalized spacial score (nSPS) is 20.9. The maximum absolute atomic E-state index is 12.2. The summed E-state index contributed by atoms with van der Waals surface area (Å²) in [6.07, 6.45) is 2.35. The fourth-order valence-corrected chi connectivity index (χ4v) is 4.97. The van der Waals surface area contributed by atoms with Crippen LogP contribution in [-0.2, 0) is 21.2 Å². The molecular formula is C12H20N4O3S2. The van der Waals surface area contributed by atoms with E-state index in [1.54, 1.807) is 11.4 Å². The van der Waals surface area contributed by atoms with Gasteiger partial charge in [-0.2, -0.15) is 8.68 Å². The summed E-state index contributed by atoms with van der Waals surface area (Å²) in [4.78, 5) is 6.61. The van der Waals surface area contributed by atoms with E-state index in [1.165, 1.54) is 11.5 Å². The molecule has 2 aliphatic rings. The first-order valence-electron chi connectivity index (χ1n) is 7.16. The third-order valence-corrected chi connectivity index (χ3v) is 7.02. The number of ether oxygens (including phenoxy) is 1. The number of hydrogen-bond donors (Lipinski definition) is 0. The second-order valence-electron chi connectivity index (χ2n) is 5.37. The summed E-state index contributed by atoms with van der Waals surface area (Å²) in [6, 6.07) is 0. The van der Waals surface area contributed by atoms with Gasteiger partial charge >= 0.3 is 0 Å². The van der Waals surface area contributed by atoms with Gasteiger partial charge in [-0.25, -0.2) is 13.4 Å². The molecule has 0 aromatic carbocycles. The molecule has 0 unspecified atom stereocenters. The molecule has 1 aliphatic heterocycles. The van der Waals surface area contributed by atoms with Gasteiger partial charge in [-0.1, -0.05) is 0 Å². The van der Waals surface area contributed by atoms with Crippen LogP contribution < -0.4 is 4.90 Å². The van der Waals surface area contributed by atoms with E-state index in [9.17, 15) is 8.42 Å². The summed E-state index contributed by atoms with van der Waals surface area (Å²) < 4.78 is 35.3. The number of rotatable bonds is 6. The van der Waals surface area contributed by atoms with Crippen LogP contribution in [0.4, 0.5) is 5.13 Å². The van der Waals surface area contributed by atoms with E-state index < -0.39 is 10.0 Å². The van der Waals surface area contributed by atoms with Crippen LogP contribution in [0.15, 0.2) is 0 Å². The number of methoxy groups -OCH3 is 1. The average molecular weight is 332 g/mol. The van der Waals surface area contributed by atoms with Crippen LogP contribution in [0.1, 0.15) is 18.7 Å². The average Bonchev–Trinajstić information content (AvgIpc) is 3.25. The van der Waals surface area contributed by atoms with Gasteiger partial charge in [0.2, 0.25) is 15.2 Å². The van der Waals surface area contributed by atoms with Gasteiger partial charge in [0.1, 0.15) is 5.82 Å². The highest BCUT2D eigenvalue weighted by Crippen LogP contribution is 2.31. The molecule has 1 saturated carbocycles. The molecular weight excluding hydrogens is 312 g/mol. The maximum Gasteiger partial charge on any atom is 0.217 e. The first-order valence-corrected chi connectivity index (χ1v) is 9.44. The Kier molecular flexibility index (Phi) is 4.43. The third-order valence-electron chi connectivity index (χ3n) is 3.80. The van der Waals surface area contributed by atoms with E-state index in [1.807, 2.05) is 0 Å². The first kappa shape index (κ1) is 15.1. The highest BCUT2D eigenvalue weighted by atomic mass is 32.2. The molecule has 0 radical (unpaired) electrons. The van der Waals surface area contributed by atoms with Crippen molar-refractivity contribution in [3.8, 4) is 0 Å². The molecule has 1 aromatic heterocycles. The van der Waals surface area contributed by atoms with Crippen molar-refractivity contribution < 1.29 is 13.2 Å². The standard InChI is InChI=1S/C12H20N4O3S2/c1-19-9-4-11-13-12(20-14-11)15-5-7-16(8-6-15)21(17,18)10-2-3-10/h10H,2-9H2,1H3. The molecule has 21 heavy (non-hydrogen) atoms. The Hall–Kier alpha value is -0.770. The summed E-state index contributed by atoms with van der Waals surface area (Å²) in [5.41, 5.74) is 0. The summed E-state index contributed by atoms with van der Waals surface area (Å²) >= 11 is 1.38. The van der Waals surface area contributed by atoms with Crippen LogP contribution in [0.2, 0.25) is 0 Å². The van der Waals surface area contributed by atoms with Crippen LogP contribution in [0.3, 0.4) is 0 Å². The van der Waals surface area contributed by atoms with Gasteiger partial charge in [0.15, 0.2) is 0 Å². The zero-order valence-corrected chi connectivity index (χ0v) is 13.7. The van der Waals surface area contributed by atoms with Gasteiger partial charge in [-0.3, -0.25) is 0 Å². The van der Waals surface area contributed by atoms with Crippen molar-refractivity contribution in [1.29, 1.82) is 0 Å². The van der Waals surface area contributed by atoms with Crippen LogP contribution in [0, 0.1) is 0 Å². The molecule has 1 aliphatic carbocycles. The molecule has 0 atom stereocenters. The molecule has 3 rings (SSSR count).